The van der Waals surface area contributed by atoms with Gasteiger partial charge in [0.1, 0.15) is 0 Å². The molecule has 13 heavy (non-hydrogen) atoms. The maximum absolute atomic E-state index is 4.41. The molecule has 2 atom stereocenters. The van der Waals surface area contributed by atoms with Crippen molar-refractivity contribution in [2.75, 3.05) is 19.6 Å². The van der Waals surface area contributed by atoms with Crippen LogP contribution in [0.2, 0.25) is 0 Å². The van der Waals surface area contributed by atoms with Crippen LogP contribution in [0.25, 0.3) is 0 Å². The van der Waals surface area contributed by atoms with Gasteiger partial charge in [-0.25, -0.2) is 0 Å². The molecule has 2 aliphatic heterocycles. The fraction of sp³-hybridized carbons (Fsp3) is 1.00. The Balaban J connectivity index is 1.73. The van der Waals surface area contributed by atoms with Gasteiger partial charge in [-0.1, -0.05) is 12.8 Å². The molecule has 0 aromatic heterocycles. The Bertz CT molecular complexity index is 168. The molecular formula is C10H20N2S. The Hall–Kier alpha value is 0.270. The first-order valence-corrected chi connectivity index (χ1v) is 5.87. The van der Waals surface area contributed by atoms with E-state index in [1.807, 2.05) is 0 Å². The average molecular weight is 200 g/mol. The van der Waals surface area contributed by atoms with Crippen LogP contribution in [0.4, 0.5) is 0 Å². The van der Waals surface area contributed by atoms with Crippen molar-refractivity contribution in [1.82, 2.24) is 9.21 Å². The van der Waals surface area contributed by atoms with Gasteiger partial charge in [0, 0.05) is 18.6 Å². The van der Waals surface area contributed by atoms with Crippen molar-refractivity contribution in [1.29, 1.82) is 0 Å². The van der Waals surface area contributed by atoms with Crippen molar-refractivity contribution in [3.63, 3.8) is 0 Å². The van der Waals surface area contributed by atoms with Crippen LogP contribution >= 0.6 is 12.8 Å². The van der Waals surface area contributed by atoms with Crippen molar-refractivity contribution >= 4 is 12.8 Å². The molecule has 2 saturated heterocycles. The molecule has 76 valence electrons. The first-order chi connectivity index (χ1) is 6.27. The normalized spacial score (nSPS) is 33.2. The zero-order valence-electron chi connectivity index (χ0n) is 8.45. The lowest BCUT2D eigenvalue weighted by Crippen LogP contribution is -2.45. The summed E-state index contributed by atoms with van der Waals surface area (Å²) >= 11 is 4.41. The van der Waals surface area contributed by atoms with Crippen LogP contribution in [-0.2, 0) is 0 Å². The van der Waals surface area contributed by atoms with Gasteiger partial charge in [0.15, 0.2) is 0 Å². The third kappa shape index (κ3) is 2.20. The first kappa shape index (κ1) is 9.81. The van der Waals surface area contributed by atoms with Crippen molar-refractivity contribution in [2.45, 2.75) is 44.7 Å². The lowest BCUT2D eigenvalue weighted by Gasteiger charge is -2.39. The standard InChI is InChI=1S/C10H20N2S/c1-9(11-5-2-3-6-11)8-10-4-7-12(10)13/h9-10,13H,2-8H2,1H3. The Morgan fingerprint density at radius 3 is 2.46 bits per heavy atom. The van der Waals surface area contributed by atoms with E-state index < -0.39 is 0 Å². The van der Waals surface area contributed by atoms with E-state index in [-0.39, 0.29) is 0 Å². The minimum absolute atomic E-state index is 0.749. The summed E-state index contributed by atoms with van der Waals surface area (Å²) in [5, 5.41) is 0. The van der Waals surface area contributed by atoms with E-state index in [1.165, 1.54) is 45.3 Å². The van der Waals surface area contributed by atoms with Crippen molar-refractivity contribution in [3.05, 3.63) is 0 Å². The van der Waals surface area contributed by atoms with Gasteiger partial charge in [-0.2, -0.15) is 0 Å². The summed E-state index contributed by atoms with van der Waals surface area (Å²) in [4.78, 5) is 2.62. The van der Waals surface area contributed by atoms with Crippen LogP contribution in [0.5, 0.6) is 0 Å². The highest BCUT2D eigenvalue weighted by molar-refractivity contribution is 7.77. The number of hydrogen-bond acceptors (Lipinski definition) is 3. The van der Waals surface area contributed by atoms with E-state index in [2.05, 4.69) is 28.9 Å². The third-order valence-electron chi connectivity index (χ3n) is 3.49. The van der Waals surface area contributed by atoms with Gasteiger partial charge in [0.05, 0.1) is 0 Å². The van der Waals surface area contributed by atoms with E-state index >= 15 is 0 Å². The second-order valence-corrected chi connectivity index (χ2v) is 4.95. The number of nitrogens with zero attached hydrogens (tertiary/aromatic N) is 2. The average Bonchev–Trinajstić information content (AvgIpc) is 2.64. The Morgan fingerprint density at radius 1 is 1.31 bits per heavy atom. The summed E-state index contributed by atoms with van der Waals surface area (Å²) in [5.74, 6) is 0. The molecule has 0 aliphatic carbocycles. The molecule has 2 unspecified atom stereocenters. The summed E-state index contributed by atoms with van der Waals surface area (Å²) in [6.07, 6.45) is 5.46. The zero-order valence-corrected chi connectivity index (χ0v) is 9.34. The number of likely N-dealkylation sites (tertiary alicyclic amines) is 1. The van der Waals surface area contributed by atoms with Crippen molar-refractivity contribution < 1.29 is 0 Å². The van der Waals surface area contributed by atoms with Gasteiger partial charge >= 0.3 is 0 Å². The fourth-order valence-corrected chi connectivity index (χ4v) is 2.72. The van der Waals surface area contributed by atoms with E-state index in [0.717, 1.165) is 12.1 Å². The predicted molar refractivity (Wildman–Crippen MR) is 59.0 cm³/mol. The lowest BCUT2D eigenvalue weighted by atomic mass is 9.99. The maximum Gasteiger partial charge on any atom is 0.0227 e. The smallest absolute Gasteiger partial charge is 0.0227 e. The first-order valence-electron chi connectivity index (χ1n) is 5.47. The van der Waals surface area contributed by atoms with E-state index in [1.54, 1.807) is 0 Å². The molecule has 0 aromatic rings. The van der Waals surface area contributed by atoms with Crippen molar-refractivity contribution in [3.8, 4) is 0 Å². The van der Waals surface area contributed by atoms with Gasteiger partial charge in [0.2, 0.25) is 0 Å². The van der Waals surface area contributed by atoms with Gasteiger partial charge in [0.25, 0.3) is 0 Å². The fourth-order valence-electron chi connectivity index (χ4n) is 2.39. The molecular weight excluding hydrogens is 180 g/mol. The summed E-state index contributed by atoms with van der Waals surface area (Å²) in [7, 11) is 0. The molecule has 0 bridgehead atoms. The minimum atomic E-state index is 0.749. The number of thiol groups is 1. The molecule has 2 rings (SSSR count). The molecule has 2 heterocycles. The van der Waals surface area contributed by atoms with Gasteiger partial charge in [-0.05, 0) is 45.7 Å². The quantitative estimate of drug-likeness (QED) is 0.694. The van der Waals surface area contributed by atoms with Crippen molar-refractivity contribution in [2.24, 2.45) is 0 Å². The molecule has 0 N–H and O–H groups in total. The third-order valence-corrected chi connectivity index (χ3v) is 4.02. The van der Waals surface area contributed by atoms with Crippen LogP contribution in [0, 0.1) is 0 Å². The number of rotatable bonds is 3. The van der Waals surface area contributed by atoms with Gasteiger partial charge in [-0.3, -0.25) is 4.31 Å². The molecule has 2 fully saturated rings. The molecule has 0 amide bonds. The molecule has 0 radical (unpaired) electrons. The highest BCUT2D eigenvalue weighted by Crippen LogP contribution is 2.26. The molecule has 2 aliphatic rings. The predicted octanol–water partition coefficient (Wildman–Crippen LogP) is 1.78. The SMILES string of the molecule is CC(CC1CCN1S)N1CCCC1. The van der Waals surface area contributed by atoms with Crippen LogP contribution in [0.3, 0.4) is 0 Å². The maximum atomic E-state index is 4.41. The second-order valence-electron chi connectivity index (χ2n) is 4.43. The largest absolute Gasteiger partial charge is 0.301 e. The Morgan fingerprint density at radius 2 is 2.00 bits per heavy atom. The van der Waals surface area contributed by atoms with Crippen LogP contribution < -0.4 is 0 Å². The summed E-state index contributed by atoms with van der Waals surface area (Å²) in [6.45, 7) is 6.19. The zero-order chi connectivity index (χ0) is 9.26. The van der Waals surface area contributed by atoms with Crippen LogP contribution in [-0.4, -0.2) is 40.9 Å². The topological polar surface area (TPSA) is 6.48 Å². The minimum Gasteiger partial charge on any atom is -0.301 e. The molecule has 0 spiro atoms. The van der Waals surface area contributed by atoms with Crippen LogP contribution in [0.1, 0.15) is 32.6 Å². The molecule has 2 nitrogen and oxygen atoms in total. The highest BCUT2D eigenvalue weighted by atomic mass is 32.1. The highest BCUT2D eigenvalue weighted by Gasteiger charge is 2.29. The second kappa shape index (κ2) is 4.20. The molecule has 3 heteroatoms. The summed E-state index contributed by atoms with van der Waals surface area (Å²) in [6, 6.07) is 1.52. The van der Waals surface area contributed by atoms with Gasteiger partial charge in [-0.15, -0.1) is 0 Å². The summed E-state index contributed by atoms with van der Waals surface area (Å²) in [5.41, 5.74) is 0. The van der Waals surface area contributed by atoms with E-state index in [0.29, 0.717) is 0 Å². The van der Waals surface area contributed by atoms with E-state index in [4.69, 9.17) is 0 Å². The lowest BCUT2D eigenvalue weighted by molar-refractivity contribution is 0.150. The Kier molecular flexibility index (Phi) is 3.17. The number of hydrogen-bond donors (Lipinski definition) is 1. The molecule has 0 aromatic carbocycles. The van der Waals surface area contributed by atoms with Crippen LogP contribution in [0.15, 0.2) is 0 Å². The van der Waals surface area contributed by atoms with E-state index in [9.17, 15) is 0 Å². The summed E-state index contributed by atoms with van der Waals surface area (Å²) < 4.78 is 2.19. The Labute approximate surface area is 86.8 Å². The molecule has 0 saturated carbocycles. The monoisotopic (exact) mass is 200 g/mol. The van der Waals surface area contributed by atoms with Gasteiger partial charge < -0.3 is 4.90 Å².